The van der Waals surface area contributed by atoms with Crippen molar-refractivity contribution in [2.24, 2.45) is 5.92 Å². The van der Waals surface area contributed by atoms with Crippen molar-refractivity contribution in [3.05, 3.63) is 0 Å². The maximum atomic E-state index is 3.55. The van der Waals surface area contributed by atoms with Gasteiger partial charge in [0.25, 0.3) is 0 Å². The normalized spacial score (nSPS) is 17.5. The summed E-state index contributed by atoms with van der Waals surface area (Å²) >= 11 is 0. The molecule has 0 heterocycles. The van der Waals surface area contributed by atoms with E-state index >= 15 is 0 Å². The maximum Gasteiger partial charge on any atom is 0.0949 e. The van der Waals surface area contributed by atoms with Crippen molar-refractivity contribution in [2.45, 2.75) is 46.1 Å². The van der Waals surface area contributed by atoms with Crippen LogP contribution in [0.5, 0.6) is 0 Å². The quantitative estimate of drug-likeness (QED) is 0.605. The zero-order valence-corrected chi connectivity index (χ0v) is 9.90. The summed E-state index contributed by atoms with van der Waals surface area (Å²) in [6.45, 7) is 10.4. The van der Waals surface area contributed by atoms with Crippen molar-refractivity contribution < 1.29 is 0 Å². The molecule has 2 unspecified atom stereocenters. The Morgan fingerprint density at radius 2 is 1.82 bits per heavy atom. The molecule has 0 amide bonds. The van der Waals surface area contributed by atoms with Crippen LogP contribution in [0, 0.1) is 5.92 Å². The van der Waals surface area contributed by atoms with Crippen LogP contribution in [-0.4, -0.2) is 16.2 Å². The fraction of sp³-hybridized carbons (Fsp3) is 1.00. The highest BCUT2D eigenvalue weighted by Crippen LogP contribution is 2.22. The maximum absolute atomic E-state index is 3.55. The lowest BCUT2D eigenvalue weighted by molar-refractivity contribution is 0.500. The average Bonchev–Trinajstić information content (AvgIpc) is 2.05. The molecule has 2 atom stereocenters. The predicted molar refractivity (Wildman–Crippen MR) is 55.7 cm³/mol. The van der Waals surface area contributed by atoms with E-state index in [2.05, 4.69) is 32.7 Å². The molecule has 1 nitrogen and oxygen atoms in total. The monoisotopic (exact) mass is 173 g/mol. The second kappa shape index (κ2) is 6.86. The van der Waals surface area contributed by atoms with Crippen molar-refractivity contribution in [3.63, 3.8) is 0 Å². The van der Waals surface area contributed by atoms with Crippen molar-refractivity contribution in [1.82, 2.24) is 4.98 Å². The lowest BCUT2D eigenvalue weighted by atomic mass is 10.0. The summed E-state index contributed by atoms with van der Waals surface area (Å²) in [5.74, 6) is 0.936. The predicted octanol–water partition coefficient (Wildman–Crippen LogP) is 1.92. The summed E-state index contributed by atoms with van der Waals surface area (Å²) < 4.78 is 0. The van der Waals surface area contributed by atoms with Gasteiger partial charge in [0.15, 0.2) is 0 Å². The van der Waals surface area contributed by atoms with Crippen molar-refractivity contribution in [1.29, 1.82) is 0 Å². The molecule has 0 saturated heterocycles. The fourth-order valence-corrected chi connectivity index (χ4v) is 3.09. The van der Waals surface area contributed by atoms with E-state index in [1.807, 2.05) is 0 Å². The first-order valence-electron chi connectivity index (χ1n) is 4.96. The van der Waals surface area contributed by atoms with E-state index in [0.29, 0.717) is 0 Å². The Balaban J connectivity index is 3.56. The van der Waals surface area contributed by atoms with Crippen LogP contribution in [0.2, 0.25) is 5.54 Å². The van der Waals surface area contributed by atoms with Gasteiger partial charge in [-0.1, -0.05) is 40.5 Å². The Labute approximate surface area is 73.9 Å². The molecule has 11 heavy (non-hydrogen) atoms. The summed E-state index contributed by atoms with van der Waals surface area (Å²) in [5, 5.41) is 0. The molecule has 2 heteroatoms. The highest BCUT2D eigenvalue weighted by Gasteiger charge is 2.12. The molecule has 0 rings (SSSR count). The molecule has 0 aliphatic heterocycles. The van der Waals surface area contributed by atoms with E-state index in [0.717, 1.165) is 11.5 Å². The minimum absolute atomic E-state index is 0.0168. The molecule has 0 aliphatic carbocycles. The Morgan fingerprint density at radius 1 is 1.18 bits per heavy atom. The third-order valence-electron chi connectivity index (χ3n) is 2.63. The van der Waals surface area contributed by atoms with Crippen LogP contribution in [-0.2, 0) is 0 Å². The first kappa shape index (κ1) is 11.2. The Kier molecular flexibility index (Phi) is 6.97. The standard InChI is InChI=1S/C9H23NSi/c1-5-8(4)9(6-2)11-10-7-3/h8-10H,5-7,11H2,1-4H3. The van der Waals surface area contributed by atoms with E-state index in [1.165, 1.54) is 19.4 Å². The van der Waals surface area contributed by atoms with E-state index in [-0.39, 0.29) is 9.68 Å². The summed E-state index contributed by atoms with van der Waals surface area (Å²) in [6, 6.07) is 0. The summed E-state index contributed by atoms with van der Waals surface area (Å²) in [7, 11) is 0.0168. The Bertz CT molecular complexity index is 85.6. The molecular formula is C9H23NSi. The van der Waals surface area contributed by atoms with Crippen LogP contribution in [0.4, 0.5) is 0 Å². The molecule has 1 N–H and O–H groups in total. The van der Waals surface area contributed by atoms with Crippen molar-refractivity contribution >= 4 is 9.68 Å². The Morgan fingerprint density at radius 3 is 2.18 bits per heavy atom. The minimum atomic E-state index is 0.0168. The van der Waals surface area contributed by atoms with E-state index in [9.17, 15) is 0 Å². The molecule has 0 fully saturated rings. The average molecular weight is 173 g/mol. The third-order valence-corrected chi connectivity index (χ3v) is 5.32. The van der Waals surface area contributed by atoms with Crippen molar-refractivity contribution in [2.75, 3.05) is 6.54 Å². The molecule has 0 radical (unpaired) electrons. The van der Waals surface area contributed by atoms with Crippen molar-refractivity contribution in [3.8, 4) is 0 Å². The van der Waals surface area contributed by atoms with Gasteiger partial charge in [-0.2, -0.15) is 0 Å². The van der Waals surface area contributed by atoms with Gasteiger partial charge in [0.2, 0.25) is 0 Å². The summed E-state index contributed by atoms with van der Waals surface area (Å²) in [5.41, 5.74) is 1.01. The highest BCUT2D eigenvalue weighted by molar-refractivity contribution is 6.34. The van der Waals surface area contributed by atoms with Gasteiger partial charge < -0.3 is 4.98 Å². The molecule has 0 aromatic heterocycles. The number of nitrogens with one attached hydrogen (secondary N) is 1. The third kappa shape index (κ3) is 4.59. The second-order valence-electron chi connectivity index (χ2n) is 3.36. The molecule has 68 valence electrons. The van der Waals surface area contributed by atoms with Gasteiger partial charge in [-0.3, -0.25) is 0 Å². The Hall–Kier alpha value is 0.177. The van der Waals surface area contributed by atoms with Crippen LogP contribution in [0.1, 0.15) is 40.5 Å². The van der Waals surface area contributed by atoms with Gasteiger partial charge in [-0.05, 0) is 18.0 Å². The fourth-order valence-electron chi connectivity index (χ4n) is 1.41. The van der Waals surface area contributed by atoms with Crippen LogP contribution in [0.15, 0.2) is 0 Å². The smallest absolute Gasteiger partial charge is 0.0949 e. The molecule has 0 aromatic carbocycles. The second-order valence-corrected chi connectivity index (χ2v) is 5.32. The van der Waals surface area contributed by atoms with Crippen LogP contribution in [0.25, 0.3) is 0 Å². The summed E-state index contributed by atoms with van der Waals surface area (Å²) in [4.78, 5) is 3.55. The SMILES string of the molecule is CCN[SiH2]C(CC)C(C)CC. The van der Waals surface area contributed by atoms with Crippen LogP contribution < -0.4 is 4.98 Å². The first-order chi connectivity index (χ1) is 5.26. The molecule has 0 aromatic rings. The van der Waals surface area contributed by atoms with Gasteiger partial charge in [0.05, 0.1) is 9.68 Å². The largest absolute Gasteiger partial charge is 0.342 e. The summed E-state index contributed by atoms with van der Waals surface area (Å²) in [6.07, 6.45) is 2.71. The van der Waals surface area contributed by atoms with Crippen LogP contribution >= 0.6 is 0 Å². The number of hydrogen-bond donors (Lipinski definition) is 1. The zero-order chi connectivity index (χ0) is 8.69. The van der Waals surface area contributed by atoms with E-state index in [1.54, 1.807) is 0 Å². The molecule has 0 aliphatic rings. The highest BCUT2D eigenvalue weighted by atomic mass is 28.2. The molecule has 0 spiro atoms. The number of rotatable bonds is 6. The lowest BCUT2D eigenvalue weighted by Crippen LogP contribution is -2.26. The van der Waals surface area contributed by atoms with Gasteiger partial charge in [-0.15, -0.1) is 0 Å². The zero-order valence-electron chi connectivity index (χ0n) is 8.48. The number of hydrogen-bond acceptors (Lipinski definition) is 1. The first-order valence-corrected chi connectivity index (χ1v) is 6.49. The van der Waals surface area contributed by atoms with E-state index in [4.69, 9.17) is 0 Å². The molecule has 0 saturated carbocycles. The van der Waals surface area contributed by atoms with Gasteiger partial charge in [-0.25, -0.2) is 0 Å². The lowest BCUT2D eigenvalue weighted by Gasteiger charge is -2.20. The van der Waals surface area contributed by atoms with Gasteiger partial charge >= 0.3 is 0 Å². The molecule has 0 bridgehead atoms. The van der Waals surface area contributed by atoms with E-state index < -0.39 is 0 Å². The van der Waals surface area contributed by atoms with Gasteiger partial charge in [0, 0.05) is 0 Å². The minimum Gasteiger partial charge on any atom is -0.342 e. The molecular weight excluding hydrogens is 150 g/mol. The van der Waals surface area contributed by atoms with Crippen LogP contribution in [0.3, 0.4) is 0 Å². The van der Waals surface area contributed by atoms with Gasteiger partial charge in [0.1, 0.15) is 0 Å². The topological polar surface area (TPSA) is 12.0 Å².